The number of nitrogen functional groups attached to an aromatic ring is 1. The van der Waals surface area contributed by atoms with Crippen LogP contribution >= 0.6 is 11.3 Å². The van der Waals surface area contributed by atoms with Crippen LogP contribution in [0.3, 0.4) is 0 Å². The molecule has 78 valence electrons. The molecule has 1 aromatic carbocycles. The number of nitrogens with two attached hydrogens (primary N) is 1. The zero-order chi connectivity index (χ0) is 11.0. The van der Waals surface area contributed by atoms with Crippen LogP contribution in [0.1, 0.15) is 16.7 Å². The van der Waals surface area contributed by atoms with Crippen molar-refractivity contribution < 1.29 is 0 Å². The van der Waals surface area contributed by atoms with E-state index in [4.69, 9.17) is 5.73 Å². The van der Waals surface area contributed by atoms with Gasteiger partial charge in [0.05, 0.1) is 5.00 Å². The minimum absolute atomic E-state index is 0.877. The second kappa shape index (κ2) is 3.70. The van der Waals surface area contributed by atoms with E-state index in [0.29, 0.717) is 0 Å². The summed E-state index contributed by atoms with van der Waals surface area (Å²) in [4.78, 5) is 1.26. The summed E-state index contributed by atoms with van der Waals surface area (Å²) in [5.74, 6) is 0. The Morgan fingerprint density at radius 2 is 1.60 bits per heavy atom. The van der Waals surface area contributed by atoms with Crippen LogP contribution in [0.2, 0.25) is 0 Å². The van der Waals surface area contributed by atoms with Crippen molar-refractivity contribution >= 4 is 16.3 Å². The van der Waals surface area contributed by atoms with Gasteiger partial charge in [0.2, 0.25) is 0 Å². The van der Waals surface area contributed by atoms with Gasteiger partial charge >= 0.3 is 0 Å². The summed E-state index contributed by atoms with van der Waals surface area (Å²) < 4.78 is 0. The van der Waals surface area contributed by atoms with E-state index in [2.05, 4.69) is 39.0 Å². The van der Waals surface area contributed by atoms with Gasteiger partial charge < -0.3 is 5.73 Å². The van der Waals surface area contributed by atoms with E-state index in [1.165, 1.54) is 27.1 Å². The summed E-state index contributed by atoms with van der Waals surface area (Å²) in [5.41, 5.74) is 11.1. The third-order valence-corrected chi connectivity index (χ3v) is 3.68. The second-order valence-corrected chi connectivity index (χ2v) is 5.07. The number of aryl methyl sites for hydroxylation is 3. The van der Waals surface area contributed by atoms with Crippen molar-refractivity contribution in [3.8, 4) is 10.4 Å². The lowest BCUT2D eigenvalue weighted by molar-refractivity contribution is 1.30. The molecular formula is C13H15NS. The van der Waals surface area contributed by atoms with Crippen LogP contribution in [0.15, 0.2) is 24.3 Å². The molecule has 0 aliphatic rings. The molecule has 0 fully saturated rings. The maximum absolute atomic E-state index is 5.75. The van der Waals surface area contributed by atoms with Gasteiger partial charge in [0, 0.05) is 4.88 Å². The summed E-state index contributed by atoms with van der Waals surface area (Å²) >= 11 is 1.65. The van der Waals surface area contributed by atoms with Gasteiger partial charge in [-0.3, -0.25) is 0 Å². The van der Waals surface area contributed by atoms with Crippen molar-refractivity contribution in [2.24, 2.45) is 0 Å². The van der Waals surface area contributed by atoms with Crippen molar-refractivity contribution in [3.63, 3.8) is 0 Å². The zero-order valence-electron chi connectivity index (χ0n) is 9.29. The Kier molecular flexibility index (Phi) is 2.53. The molecule has 0 amide bonds. The Morgan fingerprint density at radius 1 is 0.933 bits per heavy atom. The van der Waals surface area contributed by atoms with Crippen molar-refractivity contribution in [3.05, 3.63) is 41.0 Å². The van der Waals surface area contributed by atoms with E-state index < -0.39 is 0 Å². The molecular weight excluding hydrogens is 202 g/mol. The van der Waals surface area contributed by atoms with Crippen molar-refractivity contribution in [2.45, 2.75) is 20.8 Å². The van der Waals surface area contributed by atoms with Crippen LogP contribution in [0.5, 0.6) is 0 Å². The first-order chi connectivity index (χ1) is 7.08. The largest absolute Gasteiger partial charge is 0.391 e. The van der Waals surface area contributed by atoms with E-state index in [0.717, 1.165) is 5.00 Å². The zero-order valence-corrected chi connectivity index (χ0v) is 10.1. The van der Waals surface area contributed by atoms with Gasteiger partial charge in [-0.1, -0.05) is 12.1 Å². The van der Waals surface area contributed by atoms with Crippen LogP contribution in [-0.4, -0.2) is 0 Å². The van der Waals surface area contributed by atoms with Gasteiger partial charge in [0.25, 0.3) is 0 Å². The molecule has 1 aromatic heterocycles. The highest BCUT2D eigenvalue weighted by Gasteiger charge is 2.06. The predicted molar refractivity (Wildman–Crippen MR) is 68.4 cm³/mol. The molecule has 15 heavy (non-hydrogen) atoms. The number of hydrogen-bond acceptors (Lipinski definition) is 2. The second-order valence-electron chi connectivity index (χ2n) is 3.95. The first kappa shape index (κ1) is 10.2. The van der Waals surface area contributed by atoms with Crippen LogP contribution in [-0.2, 0) is 0 Å². The van der Waals surface area contributed by atoms with E-state index in [1.54, 1.807) is 11.3 Å². The average molecular weight is 217 g/mol. The van der Waals surface area contributed by atoms with E-state index in [9.17, 15) is 0 Å². The van der Waals surface area contributed by atoms with Crippen LogP contribution in [0.25, 0.3) is 10.4 Å². The Labute approximate surface area is 94.6 Å². The van der Waals surface area contributed by atoms with Gasteiger partial charge in [0.15, 0.2) is 0 Å². The predicted octanol–water partition coefficient (Wildman–Crippen LogP) is 3.92. The fraction of sp³-hybridized carbons (Fsp3) is 0.231. The molecule has 0 radical (unpaired) electrons. The number of rotatable bonds is 1. The standard InChI is InChI=1S/C13H15NS/c1-8-6-10(3)11(7-9(8)2)12-4-5-13(14)15-12/h4-7H,14H2,1-3H3. The summed E-state index contributed by atoms with van der Waals surface area (Å²) in [6.07, 6.45) is 0. The molecule has 0 atom stereocenters. The van der Waals surface area contributed by atoms with Crippen LogP contribution in [0.4, 0.5) is 5.00 Å². The minimum Gasteiger partial charge on any atom is -0.391 e. The van der Waals surface area contributed by atoms with Gasteiger partial charge in [-0.15, -0.1) is 11.3 Å². The summed E-state index contributed by atoms with van der Waals surface area (Å²) in [7, 11) is 0. The van der Waals surface area contributed by atoms with Crippen molar-refractivity contribution in [2.75, 3.05) is 5.73 Å². The summed E-state index contributed by atoms with van der Waals surface area (Å²) in [5, 5.41) is 0.877. The Bertz CT molecular complexity index is 497. The Morgan fingerprint density at radius 3 is 2.20 bits per heavy atom. The quantitative estimate of drug-likeness (QED) is 0.769. The smallest absolute Gasteiger partial charge is 0.0862 e. The van der Waals surface area contributed by atoms with E-state index in [1.807, 2.05) is 6.07 Å². The third-order valence-electron chi connectivity index (χ3n) is 2.73. The van der Waals surface area contributed by atoms with Gasteiger partial charge in [-0.05, 0) is 55.2 Å². The van der Waals surface area contributed by atoms with Gasteiger partial charge in [-0.25, -0.2) is 0 Å². The Hall–Kier alpha value is -1.28. The lowest BCUT2D eigenvalue weighted by atomic mass is 10.00. The Balaban J connectivity index is 2.58. The molecule has 2 N–H and O–H groups in total. The maximum Gasteiger partial charge on any atom is 0.0862 e. The molecule has 0 saturated carbocycles. The molecule has 1 heterocycles. The van der Waals surface area contributed by atoms with Crippen molar-refractivity contribution in [1.29, 1.82) is 0 Å². The highest BCUT2D eigenvalue weighted by atomic mass is 32.1. The topological polar surface area (TPSA) is 26.0 Å². The molecule has 0 saturated heterocycles. The first-order valence-corrected chi connectivity index (χ1v) is 5.83. The number of benzene rings is 1. The van der Waals surface area contributed by atoms with Crippen LogP contribution in [0, 0.1) is 20.8 Å². The molecule has 0 spiro atoms. The normalized spacial score (nSPS) is 10.6. The van der Waals surface area contributed by atoms with E-state index in [-0.39, 0.29) is 0 Å². The lowest BCUT2D eigenvalue weighted by Crippen LogP contribution is -1.86. The van der Waals surface area contributed by atoms with Crippen LogP contribution < -0.4 is 5.73 Å². The van der Waals surface area contributed by atoms with Gasteiger partial charge in [0.1, 0.15) is 0 Å². The van der Waals surface area contributed by atoms with E-state index >= 15 is 0 Å². The lowest BCUT2D eigenvalue weighted by Gasteiger charge is -2.07. The third kappa shape index (κ3) is 1.90. The molecule has 0 bridgehead atoms. The maximum atomic E-state index is 5.75. The molecule has 2 rings (SSSR count). The minimum atomic E-state index is 0.877. The fourth-order valence-corrected chi connectivity index (χ4v) is 2.58. The first-order valence-electron chi connectivity index (χ1n) is 5.01. The average Bonchev–Trinajstić information content (AvgIpc) is 2.58. The SMILES string of the molecule is Cc1cc(C)c(-c2ccc(N)s2)cc1C. The fourth-order valence-electron chi connectivity index (χ4n) is 1.72. The number of hydrogen-bond donors (Lipinski definition) is 1. The molecule has 1 nitrogen and oxygen atoms in total. The molecule has 2 heteroatoms. The molecule has 2 aromatic rings. The molecule has 0 aliphatic heterocycles. The highest BCUT2D eigenvalue weighted by molar-refractivity contribution is 7.19. The van der Waals surface area contributed by atoms with Gasteiger partial charge in [-0.2, -0.15) is 0 Å². The monoisotopic (exact) mass is 217 g/mol. The number of thiophene rings is 1. The molecule has 0 aliphatic carbocycles. The number of anilines is 1. The summed E-state index contributed by atoms with van der Waals surface area (Å²) in [6.45, 7) is 6.45. The highest BCUT2D eigenvalue weighted by Crippen LogP contribution is 2.33. The van der Waals surface area contributed by atoms with Crippen molar-refractivity contribution in [1.82, 2.24) is 0 Å². The summed E-state index contributed by atoms with van der Waals surface area (Å²) in [6, 6.07) is 8.54. The molecule has 0 unspecified atom stereocenters.